The molecule has 0 bridgehead atoms. The van der Waals surface area contributed by atoms with E-state index in [1.54, 1.807) is 6.20 Å². The van der Waals surface area contributed by atoms with Crippen molar-refractivity contribution in [1.82, 2.24) is 9.78 Å². The Hall–Kier alpha value is -2.88. The number of carbonyl (C=O) groups is 1. The molecule has 0 aliphatic carbocycles. The lowest BCUT2D eigenvalue weighted by atomic mass is 10.1. The van der Waals surface area contributed by atoms with Crippen LogP contribution in [0.3, 0.4) is 0 Å². The lowest BCUT2D eigenvalue weighted by Crippen LogP contribution is -2.15. The van der Waals surface area contributed by atoms with Crippen molar-refractivity contribution in [3.05, 3.63) is 72.6 Å². The fraction of sp³-hybridized carbons (Fsp3) is 0.158. The van der Waals surface area contributed by atoms with Crippen LogP contribution >= 0.6 is 0 Å². The fourth-order valence-electron chi connectivity index (χ4n) is 2.44. The molecule has 23 heavy (non-hydrogen) atoms. The number of aryl methyl sites for hydroxylation is 2. The first-order valence-corrected chi connectivity index (χ1v) is 7.66. The van der Waals surface area contributed by atoms with Crippen LogP contribution in [0.25, 0.3) is 11.1 Å². The third-order valence-electron chi connectivity index (χ3n) is 3.76. The third-order valence-corrected chi connectivity index (χ3v) is 3.76. The van der Waals surface area contributed by atoms with E-state index in [0.29, 0.717) is 13.0 Å². The number of benzene rings is 2. The van der Waals surface area contributed by atoms with E-state index in [9.17, 15) is 4.79 Å². The number of hydrogen-bond donors (Lipinski definition) is 1. The van der Waals surface area contributed by atoms with Gasteiger partial charge in [-0.3, -0.25) is 9.48 Å². The van der Waals surface area contributed by atoms with E-state index in [2.05, 4.69) is 22.5 Å². The van der Waals surface area contributed by atoms with E-state index in [4.69, 9.17) is 0 Å². The lowest BCUT2D eigenvalue weighted by Gasteiger charge is -2.08. The molecule has 0 saturated heterocycles. The van der Waals surface area contributed by atoms with Gasteiger partial charge in [-0.2, -0.15) is 5.10 Å². The maximum atomic E-state index is 12.0. The molecule has 0 fully saturated rings. The van der Waals surface area contributed by atoms with Crippen molar-refractivity contribution < 1.29 is 4.79 Å². The highest BCUT2D eigenvalue weighted by Gasteiger charge is 2.05. The van der Waals surface area contributed by atoms with Crippen molar-refractivity contribution in [2.24, 2.45) is 0 Å². The Morgan fingerprint density at radius 1 is 1.00 bits per heavy atom. The normalized spacial score (nSPS) is 10.5. The number of carbonyl (C=O) groups excluding carboxylic acids is 1. The van der Waals surface area contributed by atoms with Crippen LogP contribution in [0.4, 0.5) is 5.69 Å². The summed E-state index contributed by atoms with van der Waals surface area (Å²) in [5.41, 5.74) is 4.17. The highest BCUT2D eigenvalue weighted by molar-refractivity contribution is 5.90. The van der Waals surface area contributed by atoms with E-state index in [-0.39, 0.29) is 5.91 Å². The van der Waals surface area contributed by atoms with Gasteiger partial charge in [0.15, 0.2) is 0 Å². The number of hydrogen-bond acceptors (Lipinski definition) is 2. The van der Waals surface area contributed by atoms with Crippen LogP contribution in [0.15, 0.2) is 66.9 Å². The molecular formula is C19H19N3O. The largest absolute Gasteiger partial charge is 0.326 e. The summed E-state index contributed by atoms with van der Waals surface area (Å²) >= 11 is 0. The molecule has 1 N–H and O–H groups in total. The van der Waals surface area contributed by atoms with Gasteiger partial charge < -0.3 is 5.32 Å². The van der Waals surface area contributed by atoms with Crippen LogP contribution in [0.1, 0.15) is 12.1 Å². The van der Waals surface area contributed by atoms with Crippen molar-refractivity contribution in [1.29, 1.82) is 0 Å². The quantitative estimate of drug-likeness (QED) is 0.777. The van der Waals surface area contributed by atoms with Crippen LogP contribution in [-0.4, -0.2) is 15.7 Å². The summed E-state index contributed by atoms with van der Waals surface area (Å²) in [5.74, 6) is -0.00707. The van der Waals surface area contributed by atoms with Gasteiger partial charge in [-0.1, -0.05) is 42.5 Å². The Balaban J connectivity index is 1.58. The zero-order valence-electron chi connectivity index (χ0n) is 13.1. The first kappa shape index (κ1) is 15.0. The van der Waals surface area contributed by atoms with Gasteiger partial charge in [0.1, 0.15) is 0 Å². The molecule has 0 unspecified atom stereocenters. The molecule has 3 aromatic rings. The Morgan fingerprint density at radius 3 is 2.35 bits per heavy atom. The van der Waals surface area contributed by atoms with Gasteiger partial charge in [0, 0.05) is 30.5 Å². The highest BCUT2D eigenvalue weighted by Crippen LogP contribution is 2.21. The van der Waals surface area contributed by atoms with Gasteiger partial charge in [0.05, 0.1) is 0 Å². The minimum atomic E-state index is -0.00707. The molecule has 1 heterocycles. The average molecular weight is 305 g/mol. The molecule has 4 heteroatoms. The molecule has 0 aliphatic rings. The number of amides is 1. The van der Waals surface area contributed by atoms with Gasteiger partial charge >= 0.3 is 0 Å². The Morgan fingerprint density at radius 2 is 1.70 bits per heavy atom. The van der Waals surface area contributed by atoms with Crippen molar-refractivity contribution in [3.8, 4) is 11.1 Å². The molecular weight excluding hydrogens is 286 g/mol. The van der Waals surface area contributed by atoms with Gasteiger partial charge in [0.25, 0.3) is 0 Å². The smallest absolute Gasteiger partial charge is 0.226 e. The summed E-state index contributed by atoms with van der Waals surface area (Å²) in [4.78, 5) is 12.0. The SMILES string of the molecule is Cc1ccnn1CCC(=O)Nc1ccc(-c2ccccc2)cc1. The maximum Gasteiger partial charge on any atom is 0.226 e. The molecule has 1 aromatic heterocycles. The second-order valence-electron chi connectivity index (χ2n) is 5.44. The average Bonchev–Trinajstić information content (AvgIpc) is 3.00. The van der Waals surface area contributed by atoms with Crippen LogP contribution < -0.4 is 5.32 Å². The van der Waals surface area contributed by atoms with Crippen molar-refractivity contribution in [2.75, 3.05) is 5.32 Å². The van der Waals surface area contributed by atoms with E-state index in [1.807, 2.05) is 60.1 Å². The van der Waals surface area contributed by atoms with Gasteiger partial charge in [-0.05, 0) is 36.2 Å². The molecule has 2 aromatic carbocycles. The Labute approximate surface area is 135 Å². The van der Waals surface area contributed by atoms with E-state index >= 15 is 0 Å². The Kier molecular flexibility index (Phi) is 4.52. The molecule has 0 radical (unpaired) electrons. The second kappa shape index (κ2) is 6.92. The van der Waals surface area contributed by atoms with E-state index in [0.717, 1.165) is 16.9 Å². The lowest BCUT2D eigenvalue weighted by molar-refractivity contribution is -0.116. The minimum absolute atomic E-state index is 0.00707. The molecule has 0 aliphatic heterocycles. The van der Waals surface area contributed by atoms with Crippen LogP contribution in [0.2, 0.25) is 0 Å². The zero-order valence-corrected chi connectivity index (χ0v) is 13.1. The highest BCUT2D eigenvalue weighted by atomic mass is 16.1. The first-order chi connectivity index (χ1) is 11.2. The summed E-state index contributed by atoms with van der Waals surface area (Å²) < 4.78 is 1.83. The molecule has 0 atom stereocenters. The summed E-state index contributed by atoms with van der Waals surface area (Å²) in [6.45, 7) is 2.57. The maximum absolute atomic E-state index is 12.0. The number of anilines is 1. The number of aromatic nitrogens is 2. The zero-order chi connectivity index (χ0) is 16.1. The fourth-order valence-corrected chi connectivity index (χ4v) is 2.44. The predicted molar refractivity (Wildman–Crippen MR) is 92.1 cm³/mol. The Bertz CT molecular complexity index is 776. The molecule has 3 rings (SSSR count). The van der Waals surface area contributed by atoms with Crippen molar-refractivity contribution in [3.63, 3.8) is 0 Å². The standard InChI is InChI=1S/C19H19N3O/c1-15-11-13-20-22(15)14-12-19(23)21-18-9-7-17(8-10-18)16-5-3-2-4-6-16/h2-11,13H,12,14H2,1H3,(H,21,23). The van der Waals surface area contributed by atoms with Crippen molar-refractivity contribution in [2.45, 2.75) is 19.9 Å². The number of nitrogens with one attached hydrogen (secondary N) is 1. The third kappa shape index (κ3) is 3.86. The summed E-state index contributed by atoms with van der Waals surface area (Å²) in [6, 6.07) is 20.0. The predicted octanol–water partition coefficient (Wildman–Crippen LogP) is 3.89. The van der Waals surface area contributed by atoms with E-state index in [1.165, 1.54) is 5.56 Å². The molecule has 0 saturated carbocycles. The molecule has 1 amide bonds. The second-order valence-corrected chi connectivity index (χ2v) is 5.44. The van der Waals surface area contributed by atoms with Crippen LogP contribution in [-0.2, 0) is 11.3 Å². The summed E-state index contributed by atoms with van der Waals surface area (Å²) in [7, 11) is 0. The molecule has 0 spiro atoms. The van der Waals surface area contributed by atoms with Gasteiger partial charge in [-0.25, -0.2) is 0 Å². The van der Waals surface area contributed by atoms with Crippen LogP contribution in [0, 0.1) is 6.92 Å². The monoisotopic (exact) mass is 305 g/mol. The summed E-state index contributed by atoms with van der Waals surface area (Å²) in [6.07, 6.45) is 2.15. The first-order valence-electron chi connectivity index (χ1n) is 7.66. The number of nitrogens with zero attached hydrogens (tertiary/aromatic N) is 2. The van der Waals surface area contributed by atoms with E-state index < -0.39 is 0 Å². The van der Waals surface area contributed by atoms with Gasteiger partial charge in [0.2, 0.25) is 5.91 Å². The minimum Gasteiger partial charge on any atom is -0.326 e. The number of rotatable bonds is 5. The molecule has 116 valence electrons. The molecule has 4 nitrogen and oxygen atoms in total. The van der Waals surface area contributed by atoms with Crippen LogP contribution in [0.5, 0.6) is 0 Å². The summed E-state index contributed by atoms with van der Waals surface area (Å²) in [5, 5.41) is 7.10. The van der Waals surface area contributed by atoms with Gasteiger partial charge in [-0.15, -0.1) is 0 Å². The van der Waals surface area contributed by atoms with Crippen molar-refractivity contribution >= 4 is 11.6 Å². The topological polar surface area (TPSA) is 46.9 Å².